The minimum absolute atomic E-state index is 0.126. The average molecular weight is 453 g/mol. The molecule has 3 aromatic rings. The predicted octanol–water partition coefficient (Wildman–Crippen LogP) is 5.29. The summed E-state index contributed by atoms with van der Waals surface area (Å²) in [6, 6.07) is 19.9. The van der Waals surface area contributed by atoms with E-state index in [0.29, 0.717) is 16.1 Å². The molecule has 1 aliphatic rings. The number of halogens is 1. The van der Waals surface area contributed by atoms with Crippen molar-refractivity contribution in [2.45, 2.75) is 30.3 Å². The molecule has 2 heterocycles. The quantitative estimate of drug-likeness (QED) is 0.277. The van der Waals surface area contributed by atoms with Gasteiger partial charge in [0.2, 0.25) is 0 Å². The maximum atomic E-state index is 12.5. The minimum atomic E-state index is 0.126. The SMILES string of the molecule is CN(Cc1ccccc1)c1cc(Cl)nc(SCc2ccc(C(=O)N3CCCC3)cc2)n1. The molecule has 31 heavy (non-hydrogen) atoms. The lowest BCUT2D eigenvalue weighted by atomic mass is 10.1. The van der Waals surface area contributed by atoms with Crippen molar-refractivity contribution in [3.8, 4) is 0 Å². The van der Waals surface area contributed by atoms with Gasteiger partial charge in [-0.1, -0.05) is 65.8 Å². The third-order valence-electron chi connectivity index (χ3n) is 5.28. The summed E-state index contributed by atoms with van der Waals surface area (Å²) < 4.78 is 0. The first-order valence-corrected chi connectivity index (χ1v) is 11.8. The Morgan fingerprint density at radius 1 is 1.03 bits per heavy atom. The van der Waals surface area contributed by atoms with Crippen LogP contribution in [0.4, 0.5) is 5.82 Å². The van der Waals surface area contributed by atoms with E-state index in [4.69, 9.17) is 11.6 Å². The van der Waals surface area contributed by atoms with Gasteiger partial charge >= 0.3 is 0 Å². The zero-order chi connectivity index (χ0) is 21.6. The lowest BCUT2D eigenvalue weighted by molar-refractivity contribution is 0.0793. The van der Waals surface area contributed by atoms with Crippen molar-refractivity contribution < 1.29 is 4.79 Å². The zero-order valence-electron chi connectivity index (χ0n) is 17.5. The number of amides is 1. The van der Waals surface area contributed by atoms with Gasteiger partial charge in [0.15, 0.2) is 5.16 Å². The molecule has 0 spiro atoms. The van der Waals surface area contributed by atoms with Crippen molar-refractivity contribution >= 4 is 35.1 Å². The number of benzene rings is 2. The van der Waals surface area contributed by atoms with E-state index >= 15 is 0 Å². The Kier molecular flexibility index (Phi) is 7.10. The Morgan fingerprint density at radius 3 is 2.45 bits per heavy atom. The molecular weight excluding hydrogens is 428 g/mol. The van der Waals surface area contributed by atoms with Crippen molar-refractivity contribution in [1.29, 1.82) is 0 Å². The molecule has 0 atom stereocenters. The molecule has 0 radical (unpaired) electrons. The normalized spacial score (nSPS) is 13.4. The van der Waals surface area contributed by atoms with Crippen molar-refractivity contribution in [1.82, 2.24) is 14.9 Å². The van der Waals surface area contributed by atoms with Crippen LogP contribution in [0.15, 0.2) is 65.8 Å². The summed E-state index contributed by atoms with van der Waals surface area (Å²) in [6.07, 6.45) is 2.20. The van der Waals surface area contributed by atoms with Crippen molar-refractivity contribution in [2.75, 3.05) is 25.0 Å². The number of hydrogen-bond donors (Lipinski definition) is 0. The van der Waals surface area contributed by atoms with Crippen molar-refractivity contribution in [3.05, 3.63) is 82.5 Å². The fraction of sp³-hybridized carbons (Fsp3) is 0.292. The van der Waals surface area contributed by atoms with Gasteiger partial charge in [-0.05, 0) is 36.1 Å². The number of likely N-dealkylation sites (tertiary alicyclic amines) is 1. The minimum Gasteiger partial charge on any atom is -0.355 e. The van der Waals surface area contributed by atoms with Crippen LogP contribution in [-0.4, -0.2) is 40.9 Å². The van der Waals surface area contributed by atoms with Crippen LogP contribution < -0.4 is 4.90 Å². The molecule has 0 N–H and O–H groups in total. The second-order valence-corrected chi connectivity index (χ2v) is 8.99. The second-order valence-electron chi connectivity index (χ2n) is 7.66. The van der Waals surface area contributed by atoms with Crippen LogP contribution in [0, 0.1) is 0 Å². The van der Waals surface area contributed by atoms with Gasteiger partial charge in [-0.2, -0.15) is 0 Å². The summed E-state index contributed by atoms with van der Waals surface area (Å²) in [5, 5.41) is 1.07. The molecule has 0 unspecified atom stereocenters. The van der Waals surface area contributed by atoms with Gasteiger partial charge < -0.3 is 9.80 Å². The van der Waals surface area contributed by atoms with Crippen LogP contribution in [0.5, 0.6) is 0 Å². The highest BCUT2D eigenvalue weighted by Gasteiger charge is 2.19. The molecule has 0 aliphatic carbocycles. The van der Waals surface area contributed by atoms with E-state index < -0.39 is 0 Å². The van der Waals surface area contributed by atoms with E-state index in [-0.39, 0.29) is 5.91 Å². The lowest BCUT2D eigenvalue weighted by Crippen LogP contribution is -2.27. The Labute approximate surface area is 192 Å². The molecule has 1 saturated heterocycles. The number of aromatic nitrogens is 2. The van der Waals surface area contributed by atoms with Crippen molar-refractivity contribution in [2.24, 2.45) is 0 Å². The van der Waals surface area contributed by atoms with Crippen LogP contribution in [0.25, 0.3) is 0 Å². The maximum Gasteiger partial charge on any atom is 0.253 e. The second kappa shape index (κ2) is 10.2. The number of hydrogen-bond acceptors (Lipinski definition) is 5. The van der Waals surface area contributed by atoms with Crippen LogP contribution in [0.1, 0.15) is 34.3 Å². The summed E-state index contributed by atoms with van der Waals surface area (Å²) in [6.45, 7) is 2.47. The van der Waals surface area contributed by atoms with Gasteiger partial charge in [-0.25, -0.2) is 9.97 Å². The summed E-state index contributed by atoms with van der Waals surface area (Å²) in [7, 11) is 2.00. The van der Waals surface area contributed by atoms with Gasteiger partial charge in [0.1, 0.15) is 11.0 Å². The molecule has 1 amide bonds. The van der Waals surface area contributed by atoms with Crippen molar-refractivity contribution in [3.63, 3.8) is 0 Å². The first-order chi connectivity index (χ1) is 15.1. The smallest absolute Gasteiger partial charge is 0.253 e. The summed E-state index contributed by atoms with van der Waals surface area (Å²) in [4.78, 5) is 25.5. The highest BCUT2D eigenvalue weighted by molar-refractivity contribution is 7.98. The average Bonchev–Trinajstić information content (AvgIpc) is 3.33. The van der Waals surface area contributed by atoms with Crippen LogP contribution in [0.2, 0.25) is 5.15 Å². The standard InChI is InChI=1S/C24H25ClN4OS/c1-28(16-18-7-3-2-4-8-18)22-15-21(25)26-24(27-22)31-17-19-9-11-20(12-10-19)23(30)29-13-5-6-14-29/h2-4,7-12,15H,5-6,13-14,16-17H2,1H3. The molecule has 1 aromatic heterocycles. The molecule has 2 aromatic carbocycles. The zero-order valence-corrected chi connectivity index (χ0v) is 19.1. The fourth-order valence-corrected chi connectivity index (χ4v) is 4.61. The lowest BCUT2D eigenvalue weighted by Gasteiger charge is -2.19. The van der Waals surface area contributed by atoms with Crippen LogP contribution >= 0.6 is 23.4 Å². The highest BCUT2D eigenvalue weighted by Crippen LogP contribution is 2.25. The summed E-state index contributed by atoms with van der Waals surface area (Å²) in [5.74, 6) is 1.62. The monoisotopic (exact) mass is 452 g/mol. The Morgan fingerprint density at radius 2 is 1.74 bits per heavy atom. The van der Waals surface area contributed by atoms with E-state index in [0.717, 1.165) is 49.4 Å². The fourth-order valence-electron chi connectivity index (χ4n) is 3.58. The van der Waals surface area contributed by atoms with Crippen LogP contribution in [0.3, 0.4) is 0 Å². The van der Waals surface area contributed by atoms with E-state index in [1.54, 1.807) is 6.07 Å². The summed E-state index contributed by atoms with van der Waals surface area (Å²) in [5.41, 5.74) is 3.07. The first-order valence-electron chi connectivity index (χ1n) is 10.4. The Balaban J connectivity index is 1.38. The predicted molar refractivity (Wildman–Crippen MR) is 127 cm³/mol. The Hall–Kier alpha value is -2.57. The number of anilines is 1. The van der Waals surface area contributed by atoms with E-state index in [2.05, 4.69) is 27.0 Å². The molecular formula is C24H25ClN4OS. The third kappa shape index (κ3) is 5.77. The maximum absolute atomic E-state index is 12.5. The van der Waals surface area contributed by atoms with E-state index in [9.17, 15) is 4.79 Å². The number of rotatable bonds is 7. The topological polar surface area (TPSA) is 49.3 Å². The molecule has 160 valence electrons. The molecule has 1 aliphatic heterocycles. The molecule has 0 saturated carbocycles. The first kappa shape index (κ1) is 21.7. The highest BCUT2D eigenvalue weighted by atomic mass is 35.5. The number of thioether (sulfide) groups is 1. The van der Waals surface area contributed by atoms with Gasteiger partial charge in [0, 0.05) is 44.1 Å². The largest absolute Gasteiger partial charge is 0.355 e. The number of nitrogens with zero attached hydrogens (tertiary/aromatic N) is 4. The molecule has 4 rings (SSSR count). The molecule has 7 heteroatoms. The van der Waals surface area contributed by atoms with Gasteiger partial charge in [0.05, 0.1) is 0 Å². The summed E-state index contributed by atoms with van der Waals surface area (Å²) >= 11 is 7.80. The van der Waals surface area contributed by atoms with Crippen LogP contribution in [-0.2, 0) is 12.3 Å². The van der Waals surface area contributed by atoms with Gasteiger partial charge in [-0.15, -0.1) is 0 Å². The number of carbonyl (C=O) groups is 1. The third-order valence-corrected chi connectivity index (χ3v) is 6.39. The van der Waals surface area contributed by atoms with E-state index in [1.807, 2.05) is 54.4 Å². The Bertz CT molecular complexity index is 1020. The van der Waals surface area contributed by atoms with Gasteiger partial charge in [-0.3, -0.25) is 4.79 Å². The van der Waals surface area contributed by atoms with Gasteiger partial charge in [0.25, 0.3) is 5.91 Å². The molecule has 5 nitrogen and oxygen atoms in total. The molecule has 1 fully saturated rings. The van der Waals surface area contributed by atoms with E-state index in [1.165, 1.54) is 17.3 Å². The number of carbonyl (C=O) groups excluding carboxylic acids is 1. The molecule has 0 bridgehead atoms.